The molecule has 0 aliphatic rings. The number of benzene rings is 4. The first-order valence-electron chi connectivity index (χ1n) is 10.8. The number of phenols is 1. The summed E-state index contributed by atoms with van der Waals surface area (Å²) in [5, 5.41) is 16.9. The van der Waals surface area contributed by atoms with Gasteiger partial charge in [0, 0.05) is 0 Å². The maximum atomic E-state index is 12.5. The molecule has 2 N–H and O–H groups in total. The first-order valence-corrected chi connectivity index (χ1v) is 11.6. The summed E-state index contributed by atoms with van der Waals surface area (Å²) < 4.78 is 11.6. The van der Waals surface area contributed by atoms with Gasteiger partial charge in [-0.3, -0.25) is 4.79 Å². The first kappa shape index (κ1) is 24.4. The molecule has 0 atom stereocenters. The van der Waals surface area contributed by atoms with E-state index in [1.807, 2.05) is 37.3 Å². The summed E-state index contributed by atoms with van der Waals surface area (Å²) in [6, 6.07) is 21.3. The molecule has 0 bridgehead atoms. The second kappa shape index (κ2) is 11.1. The fourth-order valence-electron chi connectivity index (χ4n) is 3.42. The number of hydrogen-bond donors (Lipinski definition) is 2. The summed E-state index contributed by atoms with van der Waals surface area (Å²) in [7, 11) is 0. The van der Waals surface area contributed by atoms with E-state index in [0.29, 0.717) is 33.7 Å². The predicted molar refractivity (Wildman–Crippen MR) is 139 cm³/mol. The van der Waals surface area contributed by atoms with Crippen molar-refractivity contribution >= 4 is 46.1 Å². The lowest BCUT2D eigenvalue weighted by Gasteiger charge is -2.13. The van der Waals surface area contributed by atoms with Crippen molar-refractivity contribution in [2.75, 3.05) is 6.61 Å². The maximum absolute atomic E-state index is 12.5. The molecule has 4 aromatic rings. The van der Waals surface area contributed by atoms with Crippen LogP contribution in [0.3, 0.4) is 0 Å². The number of carbonyl (C=O) groups excluding carboxylic acids is 1. The molecule has 35 heavy (non-hydrogen) atoms. The first-order chi connectivity index (χ1) is 16.9. The molecule has 0 spiro atoms. The topological polar surface area (TPSA) is 80.2 Å². The Morgan fingerprint density at radius 3 is 2.46 bits per heavy atom. The van der Waals surface area contributed by atoms with Crippen LogP contribution in [0.15, 0.2) is 77.9 Å². The zero-order valence-electron chi connectivity index (χ0n) is 18.8. The molecule has 4 rings (SSSR count). The summed E-state index contributed by atoms with van der Waals surface area (Å²) in [6.45, 7) is 2.61. The largest absolute Gasteiger partial charge is 0.507 e. The van der Waals surface area contributed by atoms with Crippen molar-refractivity contribution in [3.05, 3.63) is 99.5 Å². The Morgan fingerprint density at radius 1 is 0.943 bits per heavy atom. The van der Waals surface area contributed by atoms with Gasteiger partial charge < -0.3 is 14.6 Å². The molecule has 0 aliphatic heterocycles. The van der Waals surface area contributed by atoms with Crippen molar-refractivity contribution in [2.45, 2.75) is 13.5 Å². The van der Waals surface area contributed by atoms with Gasteiger partial charge in [-0.2, -0.15) is 5.10 Å². The minimum atomic E-state index is -0.517. The monoisotopic (exact) mass is 508 g/mol. The Bertz CT molecular complexity index is 1410. The molecule has 0 radical (unpaired) electrons. The number of ether oxygens (including phenoxy) is 2. The molecular formula is C27H22Cl2N2O4. The zero-order valence-corrected chi connectivity index (χ0v) is 20.3. The molecule has 0 saturated heterocycles. The highest BCUT2D eigenvalue weighted by Crippen LogP contribution is 2.30. The standard InChI is InChI=1S/C27H22Cl2N2O4/c1-2-34-26-12-17(8-10-25(26)35-16-18-7-9-22(28)23(29)11-18)15-30-31-27(33)21-13-19-5-3-4-6-20(19)14-24(21)32/h3-15,32H,2,16H2,1H3,(H,31,33). The van der Waals surface area contributed by atoms with Gasteiger partial charge in [-0.25, -0.2) is 5.43 Å². The van der Waals surface area contributed by atoms with E-state index in [4.69, 9.17) is 32.7 Å². The van der Waals surface area contributed by atoms with Crippen LogP contribution >= 0.6 is 23.2 Å². The van der Waals surface area contributed by atoms with E-state index in [1.165, 1.54) is 6.21 Å². The summed E-state index contributed by atoms with van der Waals surface area (Å²) in [4.78, 5) is 12.5. The second-order valence-electron chi connectivity index (χ2n) is 7.59. The van der Waals surface area contributed by atoms with E-state index in [2.05, 4.69) is 10.5 Å². The van der Waals surface area contributed by atoms with Crippen molar-refractivity contribution in [3.8, 4) is 17.2 Å². The van der Waals surface area contributed by atoms with Crippen LogP contribution in [-0.4, -0.2) is 23.8 Å². The fourth-order valence-corrected chi connectivity index (χ4v) is 3.74. The molecule has 1 amide bonds. The number of nitrogens with one attached hydrogen (secondary N) is 1. The molecule has 0 aromatic heterocycles. The Balaban J connectivity index is 1.44. The van der Waals surface area contributed by atoms with E-state index in [1.54, 1.807) is 42.5 Å². The molecular weight excluding hydrogens is 487 g/mol. The van der Waals surface area contributed by atoms with Gasteiger partial charge >= 0.3 is 0 Å². The minimum absolute atomic E-state index is 0.112. The lowest BCUT2D eigenvalue weighted by atomic mass is 10.1. The van der Waals surface area contributed by atoms with Gasteiger partial charge in [0.2, 0.25) is 0 Å². The molecule has 0 heterocycles. The Kier molecular flexibility index (Phi) is 7.75. The van der Waals surface area contributed by atoms with E-state index in [-0.39, 0.29) is 17.9 Å². The van der Waals surface area contributed by atoms with Crippen molar-refractivity contribution in [1.29, 1.82) is 0 Å². The highest BCUT2D eigenvalue weighted by molar-refractivity contribution is 6.42. The van der Waals surface area contributed by atoms with Gasteiger partial charge in [-0.05, 0) is 71.3 Å². The third-order valence-electron chi connectivity index (χ3n) is 5.13. The van der Waals surface area contributed by atoms with Crippen molar-refractivity contribution in [2.24, 2.45) is 5.10 Å². The van der Waals surface area contributed by atoms with Crippen LogP contribution in [0.25, 0.3) is 10.8 Å². The number of amides is 1. The number of hydrogen-bond acceptors (Lipinski definition) is 5. The van der Waals surface area contributed by atoms with Crippen LogP contribution in [-0.2, 0) is 6.61 Å². The van der Waals surface area contributed by atoms with Crippen molar-refractivity contribution in [3.63, 3.8) is 0 Å². The van der Waals surface area contributed by atoms with E-state index < -0.39 is 5.91 Å². The Labute approximate surface area is 212 Å². The summed E-state index contributed by atoms with van der Waals surface area (Å²) in [6.07, 6.45) is 1.49. The number of nitrogens with zero attached hydrogens (tertiary/aromatic N) is 1. The van der Waals surface area contributed by atoms with Crippen LogP contribution in [0.2, 0.25) is 10.0 Å². The van der Waals surface area contributed by atoms with Gasteiger partial charge in [-0.15, -0.1) is 0 Å². The predicted octanol–water partition coefficient (Wildman–Crippen LogP) is 6.59. The molecule has 178 valence electrons. The average Bonchev–Trinajstić information content (AvgIpc) is 2.85. The third-order valence-corrected chi connectivity index (χ3v) is 5.87. The number of hydrazone groups is 1. The van der Waals surface area contributed by atoms with Crippen LogP contribution < -0.4 is 14.9 Å². The molecule has 0 fully saturated rings. The van der Waals surface area contributed by atoms with E-state index in [0.717, 1.165) is 16.3 Å². The van der Waals surface area contributed by atoms with Gasteiger partial charge in [-0.1, -0.05) is 53.5 Å². The Morgan fingerprint density at radius 2 is 1.71 bits per heavy atom. The lowest BCUT2D eigenvalue weighted by molar-refractivity contribution is 0.0952. The number of halogens is 2. The lowest BCUT2D eigenvalue weighted by Crippen LogP contribution is -2.17. The molecule has 4 aromatic carbocycles. The van der Waals surface area contributed by atoms with Gasteiger partial charge in [0.1, 0.15) is 12.4 Å². The quantitative estimate of drug-likeness (QED) is 0.207. The van der Waals surface area contributed by atoms with Crippen LogP contribution in [0.4, 0.5) is 0 Å². The van der Waals surface area contributed by atoms with Gasteiger partial charge in [0.25, 0.3) is 5.91 Å². The van der Waals surface area contributed by atoms with E-state index in [9.17, 15) is 9.90 Å². The number of phenolic OH excluding ortho intramolecular Hbond substituents is 1. The van der Waals surface area contributed by atoms with Gasteiger partial charge in [0.15, 0.2) is 11.5 Å². The van der Waals surface area contributed by atoms with E-state index >= 15 is 0 Å². The smallest absolute Gasteiger partial charge is 0.275 e. The minimum Gasteiger partial charge on any atom is -0.507 e. The molecule has 0 saturated carbocycles. The van der Waals surface area contributed by atoms with Crippen molar-refractivity contribution in [1.82, 2.24) is 5.43 Å². The number of rotatable bonds is 8. The van der Waals surface area contributed by atoms with Crippen LogP contribution in [0.1, 0.15) is 28.4 Å². The summed E-state index contributed by atoms with van der Waals surface area (Å²) >= 11 is 12.0. The van der Waals surface area contributed by atoms with Crippen molar-refractivity contribution < 1.29 is 19.4 Å². The average molecular weight is 509 g/mol. The number of fused-ring (bicyclic) bond motifs is 1. The highest BCUT2D eigenvalue weighted by Gasteiger charge is 2.12. The molecule has 6 nitrogen and oxygen atoms in total. The SMILES string of the molecule is CCOc1cc(C=NNC(=O)c2cc3ccccc3cc2O)ccc1OCc1ccc(Cl)c(Cl)c1. The van der Waals surface area contributed by atoms with Crippen LogP contribution in [0, 0.1) is 0 Å². The van der Waals surface area contributed by atoms with Gasteiger partial charge in [0.05, 0.1) is 28.4 Å². The fraction of sp³-hybridized carbons (Fsp3) is 0.111. The number of aromatic hydroxyl groups is 1. The third kappa shape index (κ3) is 6.04. The summed E-state index contributed by atoms with van der Waals surface area (Å²) in [5.41, 5.74) is 4.15. The zero-order chi connectivity index (χ0) is 24.8. The normalized spacial score (nSPS) is 11.1. The van der Waals surface area contributed by atoms with Crippen LogP contribution in [0.5, 0.6) is 17.2 Å². The second-order valence-corrected chi connectivity index (χ2v) is 8.41. The molecule has 8 heteroatoms. The number of carbonyl (C=O) groups is 1. The molecule has 0 unspecified atom stereocenters. The highest BCUT2D eigenvalue weighted by atomic mass is 35.5. The Hall–Kier alpha value is -3.74. The summed E-state index contributed by atoms with van der Waals surface area (Å²) in [5.74, 6) is 0.463. The molecule has 0 aliphatic carbocycles. The maximum Gasteiger partial charge on any atom is 0.275 e.